The second-order valence-corrected chi connectivity index (χ2v) is 6.14. The number of carbonyl (C=O) groups excluding carboxylic acids is 2. The zero-order chi connectivity index (χ0) is 18.3. The van der Waals surface area contributed by atoms with Gasteiger partial charge in [0.1, 0.15) is 5.69 Å². The van der Waals surface area contributed by atoms with Crippen LogP contribution in [0, 0.1) is 0 Å². The molecular formula is C19H16N4O3. The Morgan fingerprint density at radius 2 is 1.92 bits per heavy atom. The average molecular weight is 348 g/mol. The maximum absolute atomic E-state index is 12.5. The summed E-state index contributed by atoms with van der Waals surface area (Å²) in [4.78, 5) is 40.1. The topological polar surface area (TPSA) is 108 Å². The summed E-state index contributed by atoms with van der Waals surface area (Å²) in [6.45, 7) is 0.528. The van der Waals surface area contributed by atoms with Gasteiger partial charge in [-0.15, -0.1) is 0 Å². The SMILES string of the molecule is NC(=O)N1CCc2cc(NC(=O)c3cc4ccccc4c(=O)[nH]3)ccc21. The zero-order valence-electron chi connectivity index (χ0n) is 13.8. The number of aromatic amines is 1. The second-order valence-electron chi connectivity index (χ2n) is 6.14. The van der Waals surface area contributed by atoms with Crippen molar-refractivity contribution < 1.29 is 9.59 Å². The third-order valence-electron chi connectivity index (χ3n) is 4.50. The number of anilines is 2. The van der Waals surface area contributed by atoms with Crippen LogP contribution in [-0.2, 0) is 6.42 Å². The Hall–Kier alpha value is -3.61. The van der Waals surface area contributed by atoms with Crippen molar-refractivity contribution in [3.63, 3.8) is 0 Å². The molecule has 4 N–H and O–H groups in total. The molecule has 1 aromatic heterocycles. The van der Waals surface area contributed by atoms with Gasteiger partial charge in [0.2, 0.25) is 0 Å². The summed E-state index contributed by atoms with van der Waals surface area (Å²) in [5.41, 5.74) is 7.52. The van der Waals surface area contributed by atoms with Gasteiger partial charge in [-0.25, -0.2) is 4.79 Å². The summed E-state index contributed by atoms with van der Waals surface area (Å²) in [5, 5.41) is 4.02. The number of aromatic nitrogens is 1. The lowest BCUT2D eigenvalue weighted by Crippen LogP contribution is -2.33. The van der Waals surface area contributed by atoms with Gasteiger partial charge in [-0.3, -0.25) is 14.5 Å². The van der Waals surface area contributed by atoms with Crippen LogP contribution in [0.25, 0.3) is 10.8 Å². The van der Waals surface area contributed by atoms with Crippen molar-refractivity contribution in [2.45, 2.75) is 6.42 Å². The van der Waals surface area contributed by atoms with Crippen LogP contribution in [0.2, 0.25) is 0 Å². The smallest absolute Gasteiger partial charge is 0.319 e. The maximum Gasteiger partial charge on any atom is 0.319 e. The number of benzene rings is 2. The number of pyridine rings is 1. The molecule has 0 unspecified atom stereocenters. The van der Waals surface area contributed by atoms with Crippen LogP contribution in [0.3, 0.4) is 0 Å². The summed E-state index contributed by atoms with van der Waals surface area (Å²) in [7, 11) is 0. The number of rotatable bonds is 2. The van der Waals surface area contributed by atoms with Crippen LogP contribution < -0.4 is 21.5 Å². The van der Waals surface area contributed by atoms with E-state index in [-0.39, 0.29) is 11.3 Å². The van der Waals surface area contributed by atoms with E-state index in [2.05, 4.69) is 10.3 Å². The van der Waals surface area contributed by atoms with E-state index in [4.69, 9.17) is 5.73 Å². The number of urea groups is 1. The Balaban J connectivity index is 1.61. The molecule has 2 aromatic carbocycles. The number of amides is 3. The third kappa shape index (κ3) is 2.69. The Bertz CT molecular complexity index is 1100. The quantitative estimate of drug-likeness (QED) is 0.661. The fourth-order valence-electron chi connectivity index (χ4n) is 3.24. The van der Waals surface area contributed by atoms with Crippen molar-refractivity contribution in [1.82, 2.24) is 4.98 Å². The van der Waals surface area contributed by atoms with E-state index in [9.17, 15) is 14.4 Å². The molecule has 26 heavy (non-hydrogen) atoms. The molecule has 1 aliphatic heterocycles. The fourth-order valence-corrected chi connectivity index (χ4v) is 3.24. The monoisotopic (exact) mass is 348 g/mol. The van der Waals surface area contributed by atoms with Gasteiger partial charge in [0.15, 0.2) is 0 Å². The first-order valence-electron chi connectivity index (χ1n) is 8.16. The standard InChI is InChI=1S/C19H16N4O3/c20-19(26)23-8-7-12-9-13(5-6-16(12)23)21-18(25)15-10-11-3-1-2-4-14(11)17(24)22-15/h1-6,9-10H,7-8H2,(H2,20,26)(H,21,25)(H,22,24). The number of fused-ring (bicyclic) bond motifs is 2. The summed E-state index contributed by atoms with van der Waals surface area (Å²) in [6.07, 6.45) is 0.675. The third-order valence-corrected chi connectivity index (χ3v) is 4.50. The summed E-state index contributed by atoms with van der Waals surface area (Å²) >= 11 is 0. The predicted octanol–water partition coefficient (Wildman–Crippen LogP) is 2.22. The summed E-state index contributed by atoms with van der Waals surface area (Å²) in [6, 6.07) is 13.5. The highest BCUT2D eigenvalue weighted by Gasteiger charge is 2.23. The highest BCUT2D eigenvalue weighted by molar-refractivity contribution is 6.05. The van der Waals surface area contributed by atoms with E-state index in [1.807, 2.05) is 12.1 Å². The van der Waals surface area contributed by atoms with Gasteiger partial charge in [0.25, 0.3) is 11.5 Å². The highest BCUT2D eigenvalue weighted by Crippen LogP contribution is 2.30. The Morgan fingerprint density at radius 3 is 2.73 bits per heavy atom. The van der Waals surface area contributed by atoms with E-state index in [0.29, 0.717) is 29.4 Å². The van der Waals surface area contributed by atoms with Crippen molar-refractivity contribution in [2.24, 2.45) is 5.73 Å². The minimum atomic E-state index is -0.491. The first kappa shape index (κ1) is 15.9. The molecule has 7 heteroatoms. The molecule has 0 radical (unpaired) electrons. The average Bonchev–Trinajstić information content (AvgIpc) is 3.05. The summed E-state index contributed by atoms with van der Waals surface area (Å²) < 4.78 is 0. The first-order chi connectivity index (χ1) is 12.5. The predicted molar refractivity (Wildman–Crippen MR) is 99.6 cm³/mol. The van der Waals surface area contributed by atoms with Gasteiger partial charge in [-0.1, -0.05) is 18.2 Å². The van der Waals surface area contributed by atoms with E-state index >= 15 is 0 Å². The number of hydrogen-bond donors (Lipinski definition) is 3. The molecule has 0 saturated heterocycles. The lowest BCUT2D eigenvalue weighted by molar-refractivity contribution is 0.102. The van der Waals surface area contributed by atoms with Crippen LogP contribution in [-0.4, -0.2) is 23.5 Å². The van der Waals surface area contributed by atoms with E-state index in [0.717, 1.165) is 11.3 Å². The van der Waals surface area contributed by atoms with Crippen LogP contribution >= 0.6 is 0 Å². The lowest BCUT2D eigenvalue weighted by atomic mass is 10.1. The van der Waals surface area contributed by atoms with Gasteiger partial charge in [-0.05, 0) is 47.7 Å². The number of primary amides is 1. The molecule has 2 heterocycles. The van der Waals surface area contributed by atoms with Crippen molar-refractivity contribution in [2.75, 3.05) is 16.8 Å². The fraction of sp³-hybridized carbons (Fsp3) is 0.105. The molecule has 0 aliphatic carbocycles. The molecule has 1 aliphatic rings. The normalized spacial score (nSPS) is 12.8. The van der Waals surface area contributed by atoms with Crippen molar-refractivity contribution in [3.8, 4) is 0 Å². The number of nitrogens with one attached hydrogen (secondary N) is 2. The second kappa shape index (κ2) is 6.03. The number of nitrogens with zero attached hydrogens (tertiary/aromatic N) is 1. The van der Waals surface area contributed by atoms with Crippen LogP contribution in [0.15, 0.2) is 53.3 Å². The number of hydrogen-bond acceptors (Lipinski definition) is 3. The summed E-state index contributed by atoms with van der Waals surface area (Å²) in [5.74, 6) is -0.405. The Morgan fingerprint density at radius 1 is 1.12 bits per heavy atom. The van der Waals surface area contributed by atoms with Crippen LogP contribution in [0.4, 0.5) is 16.2 Å². The minimum absolute atomic E-state index is 0.188. The van der Waals surface area contributed by atoms with Gasteiger partial charge in [0.05, 0.1) is 0 Å². The molecule has 0 fully saturated rings. The van der Waals surface area contributed by atoms with E-state index < -0.39 is 11.9 Å². The number of H-pyrrole nitrogens is 1. The van der Waals surface area contributed by atoms with Gasteiger partial charge in [-0.2, -0.15) is 0 Å². The molecule has 3 amide bonds. The Kier molecular flexibility index (Phi) is 3.69. The maximum atomic E-state index is 12.5. The van der Waals surface area contributed by atoms with E-state index in [1.165, 1.54) is 4.90 Å². The van der Waals surface area contributed by atoms with Gasteiger partial charge >= 0.3 is 6.03 Å². The molecular weight excluding hydrogens is 332 g/mol. The van der Waals surface area contributed by atoms with Crippen LogP contribution in [0.5, 0.6) is 0 Å². The van der Waals surface area contributed by atoms with Crippen molar-refractivity contribution in [3.05, 3.63) is 70.1 Å². The molecule has 0 saturated carbocycles. The minimum Gasteiger partial charge on any atom is -0.351 e. The number of nitrogens with two attached hydrogens (primary N) is 1. The molecule has 0 atom stereocenters. The molecule has 0 spiro atoms. The largest absolute Gasteiger partial charge is 0.351 e. The molecule has 0 bridgehead atoms. The van der Waals surface area contributed by atoms with Crippen molar-refractivity contribution >= 4 is 34.1 Å². The highest BCUT2D eigenvalue weighted by atomic mass is 16.2. The van der Waals surface area contributed by atoms with E-state index in [1.54, 1.807) is 36.4 Å². The lowest BCUT2D eigenvalue weighted by Gasteiger charge is -2.14. The zero-order valence-corrected chi connectivity index (χ0v) is 13.8. The molecule has 130 valence electrons. The molecule has 7 nitrogen and oxygen atoms in total. The van der Waals surface area contributed by atoms with Crippen molar-refractivity contribution in [1.29, 1.82) is 0 Å². The number of carbonyl (C=O) groups is 2. The Labute approximate surface area is 148 Å². The molecule has 4 rings (SSSR count). The first-order valence-corrected chi connectivity index (χ1v) is 8.16. The molecule has 3 aromatic rings. The van der Waals surface area contributed by atoms with Gasteiger partial charge in [0, 0.05) is 23.3 Å². The van der Waals surface area contributed by atoms with Gasteiger partial charge < -0.3 is 16.0 Å². The van der Waals surface area contributed by atoms with Crippen LogP contribution in [0.1, 0.15) is 16.1 Å².